The highest BCUT2D eigenvalue weighted by atomic mass is 127. The summed E-state index contributed by atoms with van der Waals surface area (Å²) in [6.07, 6.45) is 1.92. The van der Waals surface area contributed by atoms with Crippen LogP contribution < -0.4 is 5.32 Å². The highest BCUT2D eigenvalue weighted by Gasteiger charge is 2.34. The van der Waals surface area contributed by atoms with Crippen molar-refractivity contribution in [3.05, 3.63) is 35.9 Å². The number of nitrogens with zero attached hydrogens (tertiary/aromatic N) is 3. The van der Waals surface area contributed by atoms with Gasteiger partial charge in [-0.2, -0.15) is 0 Å². The fraction of sp³-hybridized carbons (Fsp3) is 0.636. The first kappa shape index (κ1) is 25.7. The smallest absolute Gasteiger partial charge is 0.242 e. The molecule has 0 bridgehead atoms. The van der Waals surface area contributed by atoms with E-state index in [0.717, 1.165) is 51.6 Å². The summed E-state index contributed by atoms with van der Waals surface area (Å²) >= 11 is 0. The number of benzene rings is 1. The summed E-state index contributed by atoms with van der Waals surface area (Å²) < 4.78 is 5.63. The van der Waals surface area contributed by atoms with Gasteiger partial charge in [0.25, 0.3) is 0 Å². The Balaban J connectivity index is 0.00000420. The van der Waals surface area contributed by atoms with Crippen molar-refractivity contribution in [2.45, 2.75) is 39.0 Å². The van der Waals surface area contributed by atoms with Crippen LogP contribution in [0.4, 0.5) is 0 Å². The molecular formula is C22H37IN4O2. The van der Waals surface area contributed by atoms with Crippen LogP contribution in [0.5, 0.6) is 0 Å². The predicted molar refractivity (Wildman–Crippen MR) is 130 cm³/mol. The maximum atomic E-state index is 12.5. The van der Waals surface area contributed by atoms with Crippen molar-refractivity contribution in [2.75, 3.05) is 53.0 Å². The fourth-order valence-corrected chi connectivity index (χ4v) is 3.74. The van der Waals surface area contributed by atoms with Crippen molar-refractivity contribution in [3.63, 3.8) is 0 Å². The zero-order valence-electron chi connectivity index (χ0n) is 18.3. The number of guanidine groups is 1. The summed E-state index contributed by atoms with van der Waals surface area (Å²) in [6, 6.07) is 10.6. The third kappa shape index (κ3) is 7.13. The lowest BCUT2D eigenvalue weighted by molar-refractivity contribution is -0.131. The van der Waals surface area contributed by atoms with Crippen LogP contribution in [0.25, 0.3) is 0 Å². The normalized spacial score (nSPS) is 15.9. The van der Waals surface area contributed by atoms with Crippen molar-refractivity contribution in [1.82, 2.24) is 15.1 Å². The van der Waals surface area contributed by atoms with Crippen molar-refractivity contribution >= 4 is 35.8 Å². The summed E-state index contributed by atoms with van der Waals surface area (Å²) in [5, 5.41) is 3.34. The molecule has 0 radical (unpaired) electrons. The van der Waals surface area contributed by atoms with E-state index in [9.17, 15) is 4.79 Å². The molecule has 0 unspecified atom stereocenters. The Morgan fingerprint density at radius 1 is 1.14 bits per heavy atom. The van der Waals surface area contributed by atoms with E-state index in [4.69, 9.17) is 9.73 Å². The van der Waals surface area contributed by atoms with Crippen LogP contribution in [-0.4, -0.2) is 74.7 Å². The van der Waals surface area contributed by atoms with E-state index in [1.54, 1.807) is 0 Å². The Morgan fingerprint density at radius 2 is 1.76 bits per heavy atom. The fourth-order valence-electron chi connectivity index (χ4n) is 3.74. The molecule has 6 nitrogen and oxygen atoms in total. The van der Waals surface area contributed by atoms with Gasteiger partial charge < -0.3 is 19.9 Å². The second-order valence-corrected chi connectivity index (χ2v) is 7.35. The molecule has 0 saturated carbocycles. The Morgan fingerprint density at radius 3 is 2.31 bits per heavy atom. The summed E-state index contributed by atoms with van der Waals surface area (Å²) in [4.78, 5) is 21.2. The Hall–Kier alpha value is -1.35. The van der Waals surface area contributed by atoms with Crippen molar-refractivity contribution < 1.29 is 9.53 Å². The van der Waals surface area contributed by atoms with Gasteiger partial charge in [0.05, 0.1) is 13.1 Å². The van der Waals surface area contributed by atoms with Gasteiger partial charge in [0.2, 0.25) is 5.91 Å². The largest absolute Gasteiger partial charge is 0.381 e. The van der Waals surface area contributed by atoms with Crippen LogP contribution in [0, 0.1) is 0 Å². The van der Waals surface area contributed by atoms with Crippen LogP contribution in [-0.2, 0) is 14.9 Å². The van der Waals surface area contributed by atoms with Crippen molar-refractivity contribution in [3.8, 4) is 0 Å². The quantitative estimate of drug-likeness (QED) is 0.328. The topological polar surface area (TPSA) is 57.2 Å². The maximum absolute atomic E-state index is 12.5. The molecule has 1 saturated heterocycles. The number of aliphatic imine (C=N–C) groups is 1. The van der Waals surface area contributed by atoms with E-state index in [1.165, 1.54) is 5.56 Å². The average Bonchev–Trinajstić information content (AvgIpc) is 2.73. The number of halogens is 1. The van der Waals surface area contributed by atoms with Gasteiger partial charge in [-0.1, -0.05) is 30.3 Å². The highest BCUT2D eigenvalue weighted by molar-refractivity contribution is 14.0. The number of carbonyl (C=O) groups excluding carboxylic acids is 1. The molecule has 0 aromatic heterocycles. The minimum absolute atomic E-state index is 0. The maximum Gasteiger partial charge on any atom is 0.242 e. The molecule has 0 atom stereocenters. The summed E-state index contributed by atoms with van der Waals surface area (Å²) in [5.74, 6) is 0.909. The number of amides is 1. The van der Waals surface area contributed by atoms with E-state index in [-0.39, 0.29) is 35.3 Å². The van der Waals surface area contributed by atoms with Crippen molar-refractivity contribution in [1.29, 1.82) is 0 Å². The standard InChI is InChI=1S/C22H36N4O2.HI/c1-5-23-21(25(4)17-20(27)26(6-2)7-3)24-18-22(13-15-28-16-14-22)19-11-9-8-10-12-19;/h8-12H,5-7,13-18H2,1-4H3,(H,23,24);1H. The molecule has 1 aliphatic heterocycles. The van der Waals surface area contributed by atoms with Gasteiger partial charge in [0.15, 0.2) is 5.96 Å². The summed E-state index contributed by atoms with van der Waals surface area (Å²) in [6.45, 7) is 10.8. The SMILES string of the molecule is CCNC(=NCC1(c2ccccc2)CCOCC1)N(C)CC(=O)N(CC)CC.I. The van der Waals surface area contributed by atoms with E-state index >= 15 is 0 Å². The minimum Gasteiger partial charge on any atom is -0.381 e. The number of rotatable bonds is 8. The molecule has 1 aliphatic rings. The lowest BCUT2D eigenvalue weighted by Gasteiger charge is -2.37. The lowest BCUT2D eigenvalue weighted by atomic mass is 9.74. The van der Waals surface area contributed by atoms with Crippen LogP contribution in [0.2, 0.25) is 0 Å². The third-order valence-corrected chi connectivity index (χ3v) is 5.55. The molecule has 164 valence electrons. The van der Waals surface area contributed by atoms with Crippen LogP contribution in [0.15, 0.2) is 35.3 Å². The van der Waals surface area contributed by atoms with Crippen LogP contribution in [0.1, 0.15) is 39.2 Å². The second kappa shape index (κ2) is 13.1. The molecule has 2 rings (SSSR count). The van der Waals surface area contributed by atoms with Gasteiger partial charge in [-0.3, -0.25) is 9.79 Å². The van der Waals surface area contributed by atoms with E-state index < -0.39 is 0 Å². The van der Waals surface area contributed by atoms with Gasteiger partial charge >= 0.3 is 0 Å². The molecule has 1 heterocycles. The summed E-state index contributed by atoms with van der Waals surface area (Å²) in [7, 11) is 1.93. The molecule has 1 amide bonds. The zero-order chi connectivity index (χ0) is 20.4. The van der Waals surface area contributed by atoms with E-state index in [2.05, 4.69) is 42.6 Å². The van der Waals surface area contributed by atoms with Gasteiger partial charge in [-0.25, -0.2) is 0 Å². The molecular weight excluding hydrogens is 479 g/mol. The lowest BCUT2D eigenvalue weighted by Crippen LogP contribution is -2.46. The van der Waals surface area contributed by atoms with Gasteiger partial charge in [0, 0.05) is 45.3 Å². The number of hydrogen-bond donors (Lipinski definition) is 1. The second-order valence-electron chi connectivity index (χ2n) is 7.35. The van der Waals surface area contributed by atoms with Gasteiger partial charge in [0.1, 0.15) is 0 Å². The zero-order valence-corrected chi connectivity index (χ0v) is 20.6. The molecule has 1 fully saturated rings. The number of ether oxygens (including phenoxy) is 1. The Kier molecular flexibility index (Phi) is 11.6. The Bertz CT molecular complexity index is 629. The number of likely N-dealkylation sites (N-methyl/N-ethyl adjacent to an activating group) is 2. The number of nitrogens with one attached hydrogen (secondary N) is 1. The average molecular weight is 516 g/mol. The highest BCUT2D eigenvalue weighted by Crippen LogP contribution is 2.35. The third-order valence-electron chi connectivity index (χ3n) is 5.55. The van der Waals surface area contributed by atoms with Crippen molar-refractivity contribution in [2.24, 2.45) is 4.99 Å². The molecule has 29 heavy (non-hydrogen) atoms. The van der Waals surface area contributed by atoms with Gasteiger partial charge in [-0.05, 0) is 39.2 Å². The number of hydrogen-bond acceptors (Lipinski definition) is 3. The van der Waals surface area contributed by atoms with Crippen LogP contribution in [0.3, 0.4) is 0 Å². The first-order chi connectivity index (χ1) is 13.6. The first-order valence-electron chi connectivity index (χ1n) is 10.5. The van der Waals surface area contributed by atoms with Crippen LogP contribution >= 0.6 is 24.0 Å². The van der Waals surface area contributed by atoms with E-state index in [1.807, 2.05) is 30.7 Å². The van der Waals surface area contributed by atoms with E-state index in [0.29, 0.717) is 13.1 Å². The molecule has 0 aliphatic carbocycles. The molecule has 1 aromatic carbocycles. The predicted octanol–water partition coefficient (Wildman–Crippen LogP) is 3.12. The molecule has 0 spiro atoms. The molecule has 7 heteroatoms. The first-order valence-corrected chi connectivity index (χ1v) is 10.5. The minimum atomic E-state index is -0.0100. The number of carbonyl (C=O) groups is 1. The van der Waals surface area contributed by atoms with Gasteiger partial charge in [-0.15, -0.1) is 24.0 Å². The summed E-state index contributed by atoms with van der Waals surface area (Å²) in [5.41, 5.74) is 1.31. The molecule has 1 aromatic rings. The Labute approximate surface area is 193 Å². The monoisotopic (exact) mass is 516 g/mol. The molecule has 1 N–H and O–H groups in total.